The molecule has 3 rings (SSSR count). The van der Waals surface area contributed by atoms with Gasteiger partial charge in [-0.15, -0.1) is 11.3 Å². The normalized spacial score (nSPS) is 16.6. The summed E-state index contributed by atoms with van der Waals surface area (Å²) in [6.45, 7) is 7.38. The Morgan fingerprint density at radius 3 is 2.64 bits per heavy atom. The highest BCUT2D eigenvalue weighted by molar-refractivity contribution is 7.10. The van der Waals surface area contributed by atoms with Gasteiger partial charge in [-0.3, -0.25) is 4.99 Å². The molecule has 2 heterocycles. The number of hydrogen-bond donors (Lipinski definition) is 2. The molecule has 6 heteroatoms. The fraction of sp³-hybridized carbons (Fsp3) is 0.500. The number of guanidine groups is 1. The van der Waals surface area contributed by atoms with Gasteiger partial charge in [-0.25, -0.2) is 0 Å². The van der Waals surface area contributed by atoms with Gasteiger partial charge in [0.25, 0.3) is 0 Å². The quantitative estimate of drug-likeness (QED) is 0.571. The molecule has 0 bridgehead atoms. The van der Waals surface area contributed by atoms with Crippen LogP contribution < -0.4 is 15.4 Å². The van der Waals surface area contributed by atoms with Crippen molar-refractivity contribution in [3.05, 3.63) is 51.2 Å². The lowest BCUT2D eigenvalue weighted by Gasteiger charge is -2.39. The number of hydrogen-bond acceptors (Lipinski definition) is 4. The summed E-state index contributed by atoms with van der Waals surface area (Å²) < 4.78 is 11.4. The minimum Gasteiger partial charge on any atom is -0.496 e. The predicted molar refractivity (Wildman–Crippen MR) is 117 cm³/mol. The lowest BCUT2D eigenvalue weighted by atomic mass is 9.73. The van der Waals surface area contributed by atoms with Crippen molar-refractivity contribution >= 4 is 17.3 Å². The van der Waals surface area contributed by atoms with E-state index < -0.39 is 0 Å². The van der Waals surface area contributed by atoms with Crippen LogP contribution in [0.1, 0.15) is 34.4 Å². The standard InChI is InChI=1S/C22H31N3O2S/c1-16-5-6-19(26-4)18(13-16)22(8-10-27-11-9-22)15-25-21(23-3)24-14-20-17(2)7-12-28-20/h5-7,12-13H,8-11,14-15H2,1-4H3,(H2,23,24,25). The molecule has 152 valence electrons. The van der Waals surface area contributed by atoms with Crippen LogP contribution in [-0.4, -0.2) is 39.9 Å². The summed E-state index contributed by atoms with van der Waals surface area (Å²) in [4.78, 5) is 5.76. The molecule has 1 fully saturated rings. The van der Waals surface area contributed by atoms with Gasteiger partial charge in [0.2, 0.25) is 0 Å². The number of aliphatic imine (C=N–C) groups is 1. The Hall–Kier alpha value is -2.05. The van der Waals surface area contributed by atoms with Crippen LogP contribution in [0, 0.1) is 13.8 Å². The smallest absolute Gasteiger partial charge is 0.191 e. The van der Waals surface area contributed by atoms with E-state index in [1.807, 2.05) is 7.05 Å². The van der Waals surface area contributed by atoms with Crippen molar-refractivity contribution in [2.75, 3.05) is 33.9 Å². The molecule has 0 radical (unpaired) electrons. The summed E-state index contributed by atoms with van der Waals surface area (Å²) in [6, 6.07) is 8.59. The van der Waals surface area contributed by atoms with Crippen LogP contribution in [0.4, 0.5) is 0 Å². The van der Waals surface area contributed by atoms with E-state index in [1.54, 1.807) is 18.4 Å². The van der Waals surface area contributed by atoms with Crippen molar-refractivity contribution in [3.8, 4) is 5.75 Å². The van der Waals surface area contributed by atoms with Crippen LogP contribution in [-0.2, 0) is 16.7 Å². The van der Waals surface area contributed by atoms with E-state index in [4.69, 9.17) is 9.47 Å². The average molecular weight is 402 g/mol. The van der Waals surface area contributed by atoms with Crippen LogP contribution in [0.25, 0.3) is 0 Å². The maximum absolute atomic E-state index is 5.71. The molecule has 0 saturated carbocycles. The minimum atomic E-state index is -0.0356. The fourth-order valence-corrected chi connectivity index (χ4v) is 4.61. The third-order valence-corrected chi connectivity index (χ3v) is 6.60. The first-order chi connectivity index (χ1) is 13.6. The Morgan fingerprint density at radius 1 is 1.21 bits per heavy atom. The highest BCUT2D eigenvalue weighted by Crippen LogP contribution is 2.40. The highest BCUT2D eigenvalue weighted by atomic mass is 32.1. The molecule has 0 aliphatic carbocycles. The van der Waals surface area contributed by atoms with Gasteiger partial charge in [0.1, 0.15) is 5.75 Å². The van der Waals surface area contributed by atoms with E-state index >= 15 is 0 Å². The topological polar surface area (TPSA) is 54.9 Å². The summed E-state index contributed by atoms with van der Waals surface area (Å²) in [6.07, 6.45) is 1.92. The van der Waals surface area contributed by atoms with Crippen LogP contribution >= 0.6 is 11.3 Å². The number of rotatable bonds is 6. The number of thiophene rings is 1. The molecule has 5 nitrogen and oxygen atoms in total. The van der Waals surface area contributed by atoms with E-state index in [9.17, 15) is 0 Å². The van der Waals surface area contributed by atoms with Crippen molar-refractivity contribution in [3.63, 3.8) is 0 Å². The molecule has 1 aliphatic heterocycles. The van der Waals surface area contributed by atoms with Gasteiger partial charge >= 0.3 is 0 Å². The summed E-state index contributed by atoms with van der Waals surface area (Å²) in [5.41, 5.74) is 3.79. The van der Waals surface area contributed by atoms with Gasteiger partial charge < -0.3 is 20.1 Å². The number of nitrogens with zero attached hydrogens (tertiary/aromatic N) is 1. The second-order valence-electron chi connectivity index (χ2n) is 7.40. The monoisotopic (exact) mass is 401 g/mol. The maximum atomic E-state index is 5.71. The highest BCUT2D eigenvalue weighted by Gasteiger charge is 2.37. The zero-order chi connectivity index (χ0) is 20.0. The van der Waals surface area contributed by atoms with Crippen molar-refractivity contribution in [1.29, 1.82) is 0 Å². The van der Waals surface area contributed by atoms with Crippen molar-refractivity contribution in [1.82, 2.24) is 10.6 Å². The Morgan fingerprint density at radius 2 is 2.00 bits per heavy atom. The molecular formula is C22H31N3O2S. The van der Waals surface area contributed by atoms with Crippen LogP contribution in [0.3, 0.4) is 0 Å². The maximum Gasteiger partial charge on any atom is 0.191 e. The summed E-state index contributed by atoms with van der Waals surface area (Å²) >= 11 is 1.77. The molecule has 1 aliphatic rings. The van der Waals surface area contributed by atoms with E-state index in [0.717, 1.165) is 50.9 Å². The first-order valence-corrected chi connectivity index (χ1v) is 10.7. The van der Waals surface area contributed by atoms with Crippen LogP contribution in [0.5, 0.6) is 5.75 Å². The van der Waals surface area contributed by atoms with Crippen molar-refractivity contribution < 1.29 is 9.47 Å². The number of aryl methyl sites for hydroxylation is 2. The zero-order valence-electron chi connectivity index (χ0n) is 17.3. The summed E-state index contributed by atoms with van der Waals surface area (Å²) in [5.74, 6) is 1.77. The molecule has 2 aromatic rings. The third-order valence-electron chi connectivity index (χ3n) is 5.58. The molecule has 0 amide bonds. The lowest BCUT2D eigenvalue weighted by Crippen LogP contribution is -2.48. The van der Waals surface area contributed by atoms with Gasteiger partial charge in [0.05, 0.1) is 13.7 Å². The number of nitrogens with one attached hydrogen (secondary N) is 2. The van der Waals surface area contributed by atoms with E-state index in [2.05, 4.69) is 59.1 Å². The molecule has 28 heavy (non-hydrogen) atoms. The van der Waals surface area contributed by atoms with Gasteiger partial charge in [-0.2, -0.15) is 0 Å². The van der Waals surface area contributed by atoms with Gasteiger partial charge in [-0.05, 0) is 49.8 Å². The van der Waals surface area contributed by atoms with E-state index in [-0.39, 0.29) is 5.41 Å². The largest absolute Gasteiger partial charge is 0.496 e. The third kappa shape index (κ3) is 4.67. The molecule has 0 spiro atoms. The Labute approximate surface area is 172 Å². The molecule has 1 aromatic carbocycles. The molecule has 2 N–H and O–H groups in total. The van der Waals surface area contributed by atoms with E-state index in [1.165, 1.54) is 21.6 Å². The average Bonchev–Trinajstić information content (AvgIpc) is 3.13. The van der Waals surface area contributed by atoms with Crippen LogP contribution in [0.15, 0.2) is 34.6 Å². The van der Waals surface area contributed by atoms with Gasteiger partial charge in [0.15, 0.2) is 5.96 Å². The van der Waals surface area contributed by atoms with Crippen LogP contribution in [0.2, 0.25) is 0 Å². The minimum absolute atomic E-state index is 0.0356. The number of benzene rings is 1. The second-order valence-corrected chi connectivity index (χ2v) is 8.40. The molecule has 0 atom stereocenters. The van der Waals surface area contributed by atoms with Gasteiger partial charge in [-0.1, -0.05) is 17.7 Å². The molecule has 0 unspecified atom stereocenters. The van der Waals surface area contributed by atoms with Crippen molar-refractivity contribution in [2.45, 2.75) is 38.6 Å². The first-order valence-electron chi connectivity index (χ1n) is 9.78. The summed E-state index contributed by atoms with van der Waals surface area (Å²) in [7, 11) is 3.57. The van der Waals surface area contributed by atoms with Crippen molar-refractivity contribution in [2.24, 2.45) is 4.99 Å². The molecular weight excluding hydrogens is 370 g/mol. The lowest BCUT2D eigenvalue weighted by molar-refractivity contribution is 0.0505. The Bertz CT molecular complexity index is 810. The number of methoxy groups -OCH3 is 1. The Balaban J connectivity index is 1.75. The molecule has 1 saturated heterocycles. The second kappa shape index (κ2) is 9.43. The fourth-order valence-electron chi connectivity index (χ4n) is 3.76. The van der Waals surface area contributed by atoms with Gasteiger partial charge in [0, 0.05) is 42.7 Å². The van der Waals surface area contributed by atoms with E-state index in [0.29, 0.717) is 0 Å². The number of ether oxygens (including phenoxy) is 2. The Kier molecular flexibility index (Phi) is 6.97. The SMILES string of the molecule is CN=C(NCc1sccc1C)NCC1(c2cc(C)ccc2OC)CCOCC1. The predicted octanol–water partition coefficient (Wildman–Crippen LogP) is 3.79. The molecule has 1 aromatic heterocycles. The zero-order valence-corrected chi connectivity index (χ0v) is 18.1. The first kappa shape index (κ1) is 20.7. The summed E-state index contributed by atoms with van der Waals surface area (Å²) in [5, 5.41) is 9.14.